The molecule has 0 aliphatic heterocycles. The van der Waals surface area contributed by atoms with E-state index in [0.29, 0.717) is 28.5 Å². The number of carbonyl (C=O) groups is 1. The highest BCUT2D eigenvalue weighted by atomic mass is 16.5. The number of aromatic hydroxyl groups is 1. The van der Waals surface area contributed by atoms with Crippen molar-refractivity contribution in [2.24, 2.45) is 0 Å². The number of ether oxygens (including phenoxy) is 1. The van der Waals surface area contributed by atoms with Crippen LogP contribution in [0, 0.1) is 0 Å². The van der Waals surface area contributed by atoms with Crippen LogP contribution in [-0.4, -0.2) is 10.9 Å². The maximum Gasteiger partial charge on any atom is 0.193 e. The van der Waals surface area contributed by atoms with Crippen molar-refractivity contribution in [1.29, 1.82) is 0 Å². The summed E-state index contributed by atoms with van der Waals surface area (Å²) >= 11 is 0. The molecule has 0 atom stereocenters. The summed E-state index contributed by atoms with van der Waals surface area (Å²) in [4.78, 5) is 12.6. The molecule has 3 aromatic rings. The largest absolute Gasteiger partial charge is 0.508 e. The minimum atomic E-state index is -0.0146. The minimum Gasteiger partial charge on any atom is -0.508 e. The fraction of sp³-hybridized carbons (Fsp3) is 0.136. The maximum absolute atomic E-state index is 12.6. The lowest BCUT2D eigenvalue weighted by molar-refractivity contribution is 0.103. The van der Waals surface area contributed by atoms with Crippen LogP contribution < -0.4 is 4.74 Å². The van der Waals surface area contributed by atoms with Crippen molar-refractivity contribution in [2.75, 3.05) is 0 Å². The summed E-state index contributed by atoms with van der Waals surface area (Å²) in [6.07, 6.45) is 0. The molecule has 1 N–H and O–H groups in total. The minimum absolute atomic E-state index is 0.0146. The summed E-state index contributed by atoms with van der Waals surface area (Å²) in [7, 11) is 0. The Bertz CT molecular complexity index is 863. The Balaban J connectivity index is 1.74. The van der Waals surface area contributed by atoms with Crippen molar-refractivity contribution < 1.29 is 14.6 Å². The molecule has 0 spiro atoms. The molecular weight excluding hydrogens is 312 g/mol. The third-order valence-corrected chi connectivity index (χ3v) is 4.01. The van der Waals surface area contributed by atoms with E-state index in [2.05, 4.69) is 13.8 Å². The van der Waals surface area contributed by atoms with Gasteiger partial charge in [-0.3, -0.25) is 4.79 Å². The molecular formula is C22H20O3. The summed E-state index contributed by atoms with van der Waals surface area (Å²) in [5.74, 6) is 1.73. The van der Waals surface area contributed by atoms with E-state index in [9.17, 15) is 9.90 Å². The van der Waals surface area contributed by atoms with Gasteiger partial charge in [0, 0.05) is 17.2 Å². The standard InChI is InChI=1S/C22H20O3/c1-15(2)16-6-8-17(9-7-16)22(24)18-10-12-20(13-11-18)25-21-5-3-4-19(23)14-21/h3-15,23H,1-2H3. The van der Waals surface area contributed by atoms with Gasteiger partial charge < -0.3 is 9.84 Å². The predicted molar refractivity (Wildman–Crippen MR) is 98.6 cm³/mol. The van der Waals surface area contributed by atoms with Crippen molar-refractivity contribution >= 4 is 5.78 Å². The fourth-order valence-electron chi connectivity index (χ4n) is 2.54. The lowest BCUT2D eigenvalue weighted by atomic mass is 9.98. The quantitative estimate of drug-likeness (QED) is 0.624. The van der Waals surface area contributed by atoms with Crippen LogP contribution in [0.3, 0.4) is 0 Å². The van der Waals surface area contributed by atoms with Gasteiger partial charge in [-0.05, 0) is 47.9 Å². The first-order valence-corrected chi connectivity index (χ1v) is 8.24. The molecule has 0 aliphatic rings. The van der Waals surface area contributed by atoms with Crippen LogP contribution in [0.1, 0.15) is 41.3 Å². The normalized spacial score (nSPS) is 10.7. The molecule has 0 aromatic heterocycles. The van der Waals surface area contributed by atoms with E-state index in [0.717, 1.165) is 0 Å². The van der Waals surface area contributed by atoms with E-state index in [1.54, 1.807) is 42.5 Å². The summed E-state index contributed by atoms with van der Waals surface area (Å²) in [5.41, 5.74) is 2.50. The average molecular weight is 332 g/mol. The summed E-state index contributed by atoms with van der Waals surface area (Å²) in [5, 5.41) is 9.46. The number of ketones is 1. The number of hydrogen-bond acceptors (Lipinski definition) is 3. The number of hydrogen-bond donors (Lipinski definition) is 1. The molecule has 126 valence electrons. The number of phenols is 1. The van der Waals surface area contributed by atoms with Gasteiger partial charge in [-0.15, -0.1) is 0 Å². The summed E-state index contributed by atoms with van der Waals surface area (Å²) in [6.45, 7) is 4.25. The van der Waals surface area contributed by atoms with E-state index in [-0.39, 0.29) is 11.5 Å². The Morgan fingerprint density at radius 2 is 1.44 bits per heavy atom. The smallest absolute Gasteiger partial charge is 0.193 e. The van der Waals surface area contributed by atoms with Crippen molar-refractivity contribution in [1.82, 2.24) is 0 Å². The SMILES string of the molecule is CC(C)c1ccc(C(=O)c2ccc(Oc3cccc(O)c3)cc2)cc1. The molecule has 0 bridgehead atoms. The summed E-state index contributed by atoms with van der Waals surface area (Å²) in [6, 6.07) is 21.3. The van der Waals surface area contributed by atoms with Gasteiger partial charge in [0.25, 0.3) is 0 Å². The number of benzene rings is 3. The van der Waals surface area contributed by atoms with Crippen molar-refractivity contribution in [3.8, 4) is 17.2 Å². The van der Waals surface area contributed by atoms with Crippen molar-refractivity contribution in [3.05, 3.63) is 89.5 Å². The van der Waals surface area contributed by atoms with E-state index < -0.39 is 0 Å². The van der Waals surface area contributed by atoms with Gasteiger partial charge in [-0.2, -0.15) is 0 Å². The number of carbonyl (C=O) groups excluding carboxylic acids is 1. The Morgan fingerprint density at radius 3 is 2.00 bits per heavy atom. The van der Waals surface area contributed by atoms with Crippen LogP contribution in [0.2, 0.25) is 0 Å². The Hall–Kier alpha value is -3.07. The van der Waals surface area contributed by atoms with Gasteiger partial charge in [0.1, 0.15) is 17.2 Å². The molecule has 0 saturated carbocycles. The van der Waals surface area contributed by atoms with Gasteiger partial charge in [0.15, 0.2) is 5.78 Å². The number of rotatable bonds is 5. The van der Waals surface area contributed by atoms with Gasteiger partial charge in [0.05, 0.1) is 0 Å². The maximum atomic E-state index is 12.6. The molecule has 3 rings (SSSR count). The Kier molecular flexibility index (Phi) is 4.85. The first kappa shape index (κ1) is 16.8. The molecule has 0 radical (unpaired) electrons. The monoisotopic (exact) mass is 332 g/mol. The van der Waals surface area contributed by atoms with Crippen LogP contribution in [0.5, 0.6) is 17.2 Å². The second-order valence-corrected chi connectivity index (χ2v) is 6.23. The highest BCUT2D eigenvalue weighted by Crippen LogP contribution is 2.25. The zero-order valence-electron chi connectivity index (χ0n) is 14.3. The lowest BCUT2D eigenvalue weighted by Gasteiger charge is -2.08. The molecule has 0 aliphatic carbocycles. The molecule has 0 amide bonds. The molecule has 25 heavy (non-hydrogen) atoms. The van der Waals surface area contributed by atoms with Crippen molar-refractivity contribution in [3.63, 3.8) is 0 Å². The number of phenolic OH excluding ortho intramolecular Hbond substituents is 1. The van der Waals surface area contributed by atoms with Crippen LogP contribution in [0.4, 0.5) is 0 Å². The third kappa shape index (κ3) is 4.07. The van der Waals surface area contributed by atoms with E-state index in [4.69, 9.17) is 4.74 Å². The summed E-state index contributed by atoms with van der Waals surface area (Å²) < 4.78 is 5.67. The average Bonchev–Trinajstić information content (AvgIpc) is 2.62. The van der Waals surface area contributed by atoms with E-state index in [1.807, 2.05) is 24.3 Å². The van der Waals surface area contributed by atoms with Gasteiger partial charge in [-0.1, -0.05) is 44.2 Å². The topological polar surface area (TPSA) is 46.5 Å². The molecule has 0 heterocycles. The highest BCUT2D eigenvalue weighted by molar-refractivity contribution is 6.09. The molecule has 0 fully saturated rings. The van der Waals surface area contributed by atoms with Crippen LogP contribution in [0.25, 0.3) is 0 Å². The van der Waals surface area contributed by atoms with Crippen LogP contribution in [0.15, 0.2) is 72.8 Å². The van der Waals surface area contributed by atoms with Crippen LogP contribution in [-0.2, 0) is 0 Å². The lowest BCUT2D eigenvalue weighted by Crippen LogP contribution is -2.01. The molecule has 0 unspecified atom stereocenters. The first-order valence-electron chi connectivity index (χ1n) is 8.24. The fourth-order valence-corrected chi connectivity index (χ4v) is 2.54. The van der Waals surface area contributed by atoms with Crippen molar-refractivity contribution in [2.45, 2.75) is 19.8 Å². The second kappa shape index (κ2) is 7.22. The van der Waals surface area contributed by atoms with E-state index in [1.165, 1.54) is 11.6 Å². The van der Waals surface area contributed by atoms with Crippen LogP contribution >= 0.6 is 0 Å². The van der Waals surface area contributed by atoms with Gasteiger partial charge in [-0.25, -0.2) is 0 Å². The highest BCUT2D eigenvalue weighted by Gasteiger charge is 2.10. The molecule has 0 saturated heterocycles. The first-order chi connectivity index (χ1) is 12.0. The Labute approximate surface area is 147 Å². The molecule has 3 heteroatoms. The third-order valence-electron chi connectivity index (χ3n) is 4.01. The molecule has 3 aromatic carbocycles. The van der Waals surface area contributed by atoms with E-state index >= 15 is 0 Å². The zero-order valence-corrected chi connectivity index (χ0v) is 14.3. The van der Waals surface area contributed by atoms with Gasteiger partial charge >= 0.3 is 0 Å². The Morgan fingerprint density at radius 1 is 0.840 bits per heavy atom. The predicted octanol–water partition coefficient (Wildman–Crippen LogP) is 5.54. The zero-order chi connectivity index (χ0) is 17.8. The molecule has 3 nitrogen and oxygen atoms in total. The van der Waals surface area contributed by atoms with Gasteiger partial charge in [0.2, 0.25) is 0 Å². The second-order valence-electron chi connectivity index (χ2n) is 6.23.